The molecule has 0 aliphatic carbocycles. The molecule has 3 rings (SSSR count). The fraction of sp³-hybridized carbons (Fsp3) is 0.429. The van der Waals surface area contributed by atoms with E-state index in [2.05, 4.69) is 16.8 Å². The Morgan fingerprint density at radius 1 is 1.24 bits per heavy atom. The normalized spacial score (nSPS) is 17.4. The Labute approximate surface area is 150 Å². The average molecular weight is 337 g/mol. The lowest BCUT2D eigenvalue weighted by atomic mass is 9.99. The van der Waals surface area contributed by atoms with Gasteiger partial charge in [-0.3, -0.25) is 9.78 Å². The van der Waals surface area contributed by atoms with Crippen molar-refractivity contribution in [2.45, 2.75) is 45.2 Å². The zero-order chi connectivity index (χ0) is 17.6. The number of rotatable bonds is 5. The molecule has 1 aliphatic rings. The zero-order valence-electron chi connectivity index (χ0n) is 15.2. The van der Waals surface area contributed by atoms with Crippen LogP contribution in [0.3, 0.4) is 0 Å². The van der Waals surface area contributed by atoms with Crippen LogP contribution in [0.1, 0.15) is 48.7 Å². The highest BCUT2D eigenvalue weighted by atomic mass is 16.2. The number of hydrogen-bond donors (Lipinski definition) is 0. The standard InChI is InChI=1S/C21H27N3O/c1-3-18-11-7-8-14-24(18)19-12-13-22-20(15-19)21(25)23(2)16-17-9-5-4-6-10-17/h4-6,9-10,12-13,15,18H,3,7-8,11,14,16H2,1-2H3. The minimum Gasteiger partial charge on any atom is -0.368 e. The van der Waals surface area contributed by atoms with Gasteiger partial charge in [0.15, 0.2) is 0 Å². The second kappa shape index (κ2) is 8.15. The quantitative estimate of drug-likeness (QED) is 0.823. The molecule has 0 saturated carbocycles. The summed E-state index contributed by atoms with van der Waals surface area (Å²) >= 11 is 0. The zero-order valence-corrected chi connectivity index (χ0v) is 15.2. The van der Waals surface area contributed by atoms with Crippen molar-refractivity contribution in [3.8, 4) is 0 Å². The molecule has 25 heavy (non-hydrogen) atoms. The summed E-state index contributed by atoms with van der Waals surface area (Å²) in [5, 5.41) is 0. The van der Waals surface area contributed by atoms with Gasteiger partial charge in [0.25, 0.3) is 5.91 Å². The van der Waals surface area contributed by atoms with E-state index in [-0.39, 0.29) is 5.91 Å². The van der Waals surface area contributed by atoms with Gasteiger partial charge in [-0.1, -0.05) is 37.3 Å². The van der Waals surface area contributed by atoms with Gasteiger partial charge in [0, 0.05) is 38.1 Å². The Hall–Kier alpha value is -2.36. The third-order valence-corrected chi connectivity index (χ3v) is 5.00. The van der Waals surface area contributed by atoms with Gasteiger partial charge in [0.05, 0.1) is 0 Å². The molecule has 2 aromatic rings. The van der Waals surface area contributed by atoms with E-state index in [9.17, 15) is 4.79 Å². The van der Waals surface area contributed by atoms with Crippen LogP contribution in [-0.2, 0) is 6.54 Å². The maximum Gasteiger partial charge on any atom is 0.272 e. The van der Waals surface area contributed by atoms with Crippen LogP contribution in [0, 0.1) is 0 Å². The summed E-state index contributed by atoms with van der Waals surface area (Å²) in [7, 11) is 1.83. The lowest BCUT2D eigenvalue weighted by Crippen LogP contribution is -2.39. The first-order chi connectivity index (χ1) is 12.2. The second-order valence-corrected chi connectivity index (χ2v) is 6.80. The number of carbonyl (C=O) groups excluding carboxylic acids is 1. The molecule has 0 radical (unpaired) electrons. The molecule has 1 aromatic heterocycles. The highest BCUT2D eigenvalue weighted by Gasteiger charge is 2.22. The number of hydrogen-bond acceptors (Lipinski definition) is 3. The van der Waals surface area contributed by atoms with E-state index in [0.29, 0.717) is 18.3 Å². The van der Waals surface area contributed by atoms with Crippen molar-refractivity contribution in [1.29, 1.82) is 0 Å². The first kappa shape index (κ1) is 17.5. The molecule has 1 amide bonds. The number of pyridine rings is 1. The first-order valence-corrected chi connectivity index (χ1v) is 9.21. The topological polar surface area (TPSA) is 36.4 Å². The molecular weight excluding hydrogens is 310 g/mol. The second-order valence-electron chi connectivity index (χ2n) is 6.80. The SMILES string of the molecule is CCC1CCCCN1c1ccnc(C(=O)N(C)Cc2ccccc2)c1. The summed E-state index contributed by atoms with van der Waals surface area (Å²) in [6, 6.07) is 14.6. The molecule has 2 heterocycles. The number of carbonyl (C=O) groups is 1. The van der Waals surface area contributed by atoms with Gasteiger partial charge in [-0.15, -0.1) is 0 Å². The van der Waals surface area contributed by atoms with E-state index >= 15 is 0 Å². The van der Waals surface area contributed by atoms with Crippen molar-refractivity contribution in [3.63, 3.8) is 0 Å². The van der Waals surface area contributed by atoms with Crippen LogP contribution in [-0.4, -0.2) is 35.4 Å². The van der Waals surface area contributed by atoms with Crippen LogP contribution in [0.25, 0.3) is 0 Å². The Kier molecular flexibility index (Phi) is 5.69. The monoisotopic (exact) mass is 337 g/mol. The number of aromatic nitrogens is 1. The van der Waals surface area contributed by atoms with E-state index in [4.69, 9.17) is 0 Å². The smallest absolute Gasteiger partial charge is 0.272 e. The van der Waals surface area contributed by atoms with Gasteiger partial charge < -0.3 is 9.80 Å². The van der Waals surface area contributed by atoms with Crippen molar-refractivity contribution in [3.05, 3.63) is 59.9 Å². The fourth-order valence-corrected chi connectivity index (χ4v) is 3.60. The van der Waals surface area contributed by atoms with Crippen LogP contribution in [0.15, 0.2) is 48.7 Å². The summed E-state index contributed by atoms with van der Waals surface area (Å²) < 4.78 is 0. The van der Waals surface area contributed by atoms with Crippen LogP contribution >= 0.6 is 0 Å². The predicted molar refractivity (Wildman–Crippen MR) is 102 cm³/mol. The van der Waals surface area contributed by atoms with Gasteiger partial charge in [0.1, 0.15) is 5.69 Å². The third-order valence-electron chi connectivity index (χ3n) is 5.00. The maximum absolute atomic E-state index is 12.8. The highest BCUT2D eigenvalue weighted by Crippen LogP contribution is 2.26. The van der Waals surface area contributed by atoms with Gasteiger partial charge in [0.2, 0.25) is 0 Å². The van der Waals surface area contributed by atoms with Crippen LogP contribution in [0.5, 0.6) is 0 Å². The molecule has 4 nitrogen and oxygen atoms in total. The number of nitrogens with zero attached hydrogens (tertiary/aromatic N) is 3. The number of benzene rings is 1. The van der Waals surface area contributed by atoms with E-state index < -0.39 is 0 Å². The van der Waals surface area contributed by atoms with Crippen molar-refractivity contribution >= 4 is 11.6 Å². The Morgan fingerprint density at radius 2 is 2.04 bits per heavy atom. The summed E-state index contributed by atoms with van der Waals surface area (Å²) in [6.45, 7) is 3.90. The summed E-state index contributed by atoms with van der Waals surface area (Å²) in [5.41, 5.74) is 2.77. The minimum absolute atomic E-state index is 0.0317. The number of piperidine rings is 1. The number of anilines is 1. The fourth-order valence-electron chi connectivity index (χ4n) is 3.60. The van der Waals surface area contributed by atoms with Gasteiger partial charge >= 0.3 is 0 Å². The molecular formula is C21H27N3O. The summed E-state index contributed by atoms with van der Waals surface area (Å²) in [4.78, 5) is 21.3. The molecule has 1 aromatic carbocycles. The van der Waals surface area contributed by atoms with Crippen LogP contribution in [0.2, 0.25) is 0 Å². The van der Waals surface area contributed by atoms with E-state index in [1.54, 1.807) is 11.1 Å². The molecule has 0 bridgehead atoms. The largest absolute Gasteiger partial charge is 0.368 e. The molecule has 1 unspecified atom stereocenters. The predicted octanol–water partition coefficient (Wildman–Crippen LogP) is 4.12. The van der Waals surface area contributed by atoms with Gasteiger partial charge in [-0.25, -0.2) is 0 Å². The lowest BCUT2D eigenvalue weighted by Gasteiger charge is -2.37. The maximum atomic E-state index is 12.8. The molecule has 132 valence electrons. The van der Waals surface area contributed by atoms with Crippen molar-refractivity contribution in [1.82, 2.24) is 9.88 Å². The number of amides is 1. The van der Waals surface area contributed by atoms with E-state index in [1.807, 2.05) is 49.5 Å². The molecule has 1 atom stereocenters. The average Bonchev–Trinajstić information content (AvgIpc) is 2.68. The summed E-state index contributed by atoms with van der Waals surface area (Å²) in [6.07, 6.45) is 6.65. The molecule has 1 aliphatic heterocycles. The van der Waals surface area contributed by atoms with Crippen molar-refractivity contribution in [2.75, 3.05) is 18.5 Å². The molecule has 0 N–H and O–H groups in total. The molecule has 0 spiro atoms. The minimum atomic E-state index is -0.0317. The highest BCUT2D eigenvalue weighted by molar-refractivity contribution is 5.93. The van der Waals surface area contributed by atoms with E-state index in [1.165, 1.54) is 19.3 Å². The third kappa shape index (κ3) is 4.19. The van der Waals surface area contributed by atoms with Gasteiger partial charge in [-0.2, -0.15) is 0 Å². The molecule has 4 heteroatoms. The lowest BCUT2D eigenvalue weighted by molar-refractivity contribution is 0.0779. The van der Waals surface area contributed by atoms with Crippen molar-refractivity contribution < 1.29 is 4.79 Å². The first-order valence-electron chi connectivity index (χ1n) is 9.21. The van der Waals surface area contributed by atoms with Crippen LogP contribution in [0.4, 0.5) is 5.69 Å². The Balaban J connectivity index is 1.75. The van der Waals surface area contributed by atoms with Crippen LogP contribution < -0.4 is 4.90 Å². The van der Waals surface area contributed by atoms with Crippen molar-refractivity contribution in [2.24, 2.45) is 0 Å². The van der Waals surface area contributed by atoms with E-state index in [0.717, 1.165) is 24.2 Å². The Bertz CT molecular complexity index is 701. The molecule has 1 fully saturated rings. The Morgan fingerprint density at radius 3 is 2.80 bits per heavy atom. The van der Waals surface area contributed by atoms with Gasteiger partial charge in [-0.05, 0) is 43.4 Å². The molecule has 1 saturated heterocycles. The summed E-state index contributed by atoms with van der Waals surface area (Å²) in [5.74, 6) is -0.0317.